The normalized spacial score (nSPS) is 16.1. The molecule has 0 radical (unpaired) electrons. The lowest BCUT2D eigenvalue weighted by atomic mass is 9.78. The molecule has 1 aliphatic rings. The SMILES string of the molecule is CC(=Cc1ccc2c(c1)N(S(=O)(=O)c1cccc(C(C)(F)F)c1)CCC2(C)C)c1c(F)cccc1Cl. The van der Waals surface area contributed by atoms with Crippen LogP contribution in [0.5, 0.6) is 0 Å². The third-order valence-corrected chi connectivity index (χ3v) is 8.75. The van der Waals surface area contributed by atoms with Crippen molar-refractivity contribution >= 4 is 39.0 Å². The first-order valence-corrected chi connectivity index (χ1v) is 13.3. The molecular weight excluding hydrogens is 507 g/mol. The van der Waals surface area contributed by atoms with E-state index in [0.717, 1.165) is 18.6 Å². The molecule has 8 heteroatoms. The Bertz CT molecular complexity index is 1440. The van der Waals surface area contributed by atoms with Gasteiger partial charge in [0.1, 0.15) is 5.82 Å². The molecular formula is C28H27ClF3NO2S. The van der Waals surface area contributed by atoms with Crippen LogP contribution in [0.3, 0.4) is 0 Å². The molecule has 0 saturated carbocycles. The summed E-state index contributed by atoms with van der Waals surface area (Å²) >= 11 is 6.22. The first-order chi connectivity index (χ1) is 16.7. The first kappa shape index (κ1) is 26.3. The van der Waals surface area contributed by atoms with E-state index < -0.39 is 21.8 Å². The van der Waals surface area contributed by atoms with Crippen LogP contribution in [-0.4, -0.2) is 15.0 Å². The van der Waals surface area contributed by atoms with Gasteiger partial charge in [-0.1, -0.05) is 61.9 Å². The second-order valence-electron chi connectivity index (χ2n) is 9.83. The van der Waals surface area contributed by atoms with Crippen LogP contribution < -0.4 is 4.31 Å². The molecule has 0 aliphatic carbocycles. The summed E-state index contributed by atoms with van der Waals surface area (Å²) in [5, 5.41) is 0.277. The molecule has 3 aromatic rings. The third kappa shape index (κ3) is 4.91. The van der Waals surface area contributed by atoms with Gasteiger partial charge >= 0.3 is 0 Å². The van der Waals surface area contributed by atoms with Gasteiger partial charge in [-0.3, -0.25) is 4.31 Å². The van der Waals surface area contributed by atoms with Crippen LogP contribution >= 0.6 is 11.6 Å². The van der Waals surface area contributed by atoms with Crippen molar-refractivity contribution in [3.8, 4) is 0 Å². The van der Waals surface area contributed by atoms with E-state index >= 15 is 0 Å². The summed E-state index contributed by atoms with van der Waals surface area (Å²) in [7, 11) is -4.12. The minimum Gasteiger partial charge on any atom is -0.266 e. The molecule has 0 N–H and O–H groups in total. The minimum atomic E-state index is -4.12. The smallest absolute Gasteiger partial charge is 0.266 e. The van der Waals surface area contributed by atoms with Crippen molar-refractivity contribution in [1.82, 2.24) is 0 Å². The monoisotopic (exact) mass is 533 g/mol. The van der Waals surface area contributed by atoms with Crippen molar-refractivity contribution in [1.29, 1.82) is 0 Å². The lowest BCUT2D eigenvalue weighted by Crippen LogP contribution is -2.41. The Kier molecular flexibility index (Phi) is 6.77. The zero-order chi connectivity index (χ0) is 26.5. The second-order valence-corrected chi connectivity index (χ2v) is 12.1. The largest absolute Gasteiger partial charge is 0.270 e. The van der Waals surface area contributed by atoms with Crippen molar-refractivity contribution in [2.45, 2.75) is 50.3 Å². The Morgan fingerprint density at radius 3 is 2.44 bits per heavy atom. The predicted octanol–water partition coefficient (Wildman–Crippen LogP) is 8.03. The van der Waals surface area contributed by atoms with Crippen molar-refractivity contribution in [3.05, 3.63) is 93.8 Å². The molecule has 0 amide bonds. The van der Waals surface area contributed by atoms with Gasteiger partial charge in [-0.25, -0.2) is 21.6 Å². The van der Waals surface area contributed by atoms with E-state index in [9.17, 15) is 21.6 Å². The molecule has 3 aromatic carbocycles. The van der Waals surface area contributed by atoms with Crippen LogP contribution in [0.2, 0.25) is 5.02 Å². The number of halogens is 4. The van der Waals surface area contributed by atoms with Crippen molar-refractivity contribution in [2.24, 2.45) is 0 Å². The van der Waals surface area contributed by atoms with Gasteiger partial charge in [-0.05, 0) is 65.8 Å². The zero-order valence-corrected chi connectivity index (χ0v) is 22.0. The van der Waals surface area contributed by atoms with Gasteiger partial charge in [-0.2, -0.15) is 0 Å². The summed E-state index contributed by atoms with van der Waals surface area (Å²) in [4.78, 5) is -0.192. The quantitative estimate of drug-likeness (QED) is 0.311. The summed E-state index contributed by atoms with van der Waals surface area (Å²) in [5.41, 5.74) is 2.16. The number of nitrogens with zero attached hydrogens (tertiary/aromatic N) is 1. The van der Waals surface area contributed by atoms with Gasteiger partial charge in [0.05, 0.1) is 15.6 Å². The summed E-state index contributed by atoms with van der Waals surface area (Å²) in [5.74, 6) is -3.62. The van der Waals surface area contributed by atoms with Crippen LogP contribution in [0.1, 0.15) is 56.4 Å². The number of hydrogen-bond donors (Lipinski definition) is 0. The molecule has 0 fully saturated rings. The molecule has 3 nitrogen and oxygen atoms in total. The number of sulfonamides is 1. The Labute approximate surface area is 215 Å². The number of fused-ring (bicyclic) bond motifs is 1. The van der Waals surface area contributed by atoms with Crippen molar-refractivity contribution in [2.75, 3.05) is 10.8 Å². The molecule has 36 heavy (non-hydrogen) atoms. The fourth-order valence-electron chi connectivity index (χ4n) is 4.56. The topological polar surface area (TPSA) is 37.4 Å². The number of benzene rings is 3. The van der Waals surface area contributed by atoms with E-state index in [4.69, 9.17) is 11.6 Å². The number of alkyl halides is 2. The minimum absolute atomic E-state index is 0.192. The average molecular weight is 534 g/mol. The fraction of sp³-hybridized carbons (Fsp3) is 0.286. The second kappa shape index (κ2) is 9.27. The molecule has 0 saturated heterocycles. The standard InChI is InChI=1S/C28H27ClF3NO2S/c1-18(26-23(29)9-6-10-24(26)30)15-19-11-12-22-25(16-19)33(14-13-27(22,2)3)36(34,35)21-8-5-7-20(17-21)28(4,31)32/h5-12,15-17H,13-14H2,1-4H3. The van der Waals surface area contributed by atoms with E-state index in [2.05, 4.69) is 0 Å². The molecule has 0 unspecified atom stereocenters. The van der Waals surface area contributed by atoms with E-state index in [-0.39, 0.29) is 33.0 Å². The molecule has 0 aromatic heterocycles. The lowest BCUT2D eigenvalue weighted by Gasteiger charge is -2.39. The molecule has 0 bridgehead atoms. The molecule has 0 atom stereocenters. The highest BCUT2D eigenvalue weighted by Crippen LogP contribution is 2.43. The van der Waals surface area contributed by atoms with Gasteiger partial charge in [0.2, 0.25) is 0 Å². The van der Waals surface area contributed by atoms with Crippen LogP contribution in [0.25, 0.3) is 11.6 Å². The highest BCUT2D eigenvalue weighted by atomic mass is 35.5. The molecule has 190 valence electrons. The molecule has 1 aliphatic heterocycles. The summed E-state index contributed by atoms with van der Waals surface area (Å²) in [6, 6.07) is 14.8. The summed E-state index contributed by atoms with van der Waals surface area (Å²) in [6.45, 7) is 6.74. The number of hydrogen-bond acceptors (Lipinski definition) is 2. The Morgan fingerprint density at radius 1 is 1.08 bits per heavy atom. The first-order valence-electron chi connectivity index (χ1n) is 11.5. The van der Waals surface area contributed by atoms with Gasteiger partial charge in [0, 0.05) is 24.6 Å². The Hall–Kier alpha value is -2.77. The summed E-state index contributed by atoms with van der Waals surface area (Å²) < 4.78 is 70.9. The van der Waals surface area contributed by atoms with Crippen LogP contribution in [0.4, 0.5) is 18.9 Å². The van der Waals surface area contributed by atoms with E-state index in [1.807, 2.05) is 26.0 Å². The number of allylic oxidation sites excluding steroid dienone is 1. The van der Waals surface area contributed by atoms with Crippen LogP contribution in [0.15, 0.2) is 65.6 Å². The van der Waals surface area contributed by atoms with Gasteiger partial charge in [0.15, 0.2) is 0 Å². The van der Waals surface area contributed by atoms with Crippen LogP contribution in [-0.2, 0) is 21.4 Å². The van der Waals surface area contributed by atoms with Crippen molar-refractivity contribution in [3.63, 3.8) is 0 Å². The molecule has 0 spiro atoms. The predicted molar refractivity (Wildman–Crippen MR) is 140 cm³/mol. The number of rotatable bonds is 5. The fourth-order valence-corrected chi connectivity index (χ4v) is 6.39. The maximum Gasteiger partial charge on any atom is 0.270 e. The highest BCUT2D eigenvalue weighted by molar-refractivity contribution is 7.92. The van der Waals surface area contributed by atoms with E-state index in [1.54, 1.807) is 25.1 Å². The van der Waals surface area contributed by atoms with E-state index in [1.165, 1.54) is 34.6 Å². The average Bonchev–Trinajstić information content (AvgIpc) is 2.78. The summed E-state index contributed by atoms with van der Waals surface area (Å²) in [6.07, 6.45) is 2.30. The van der Waals surface area contributed by atoms with Crippen LogP contribution in [0, 0.1) is 5.82 Å². The maximum absolute atomic E-state index is 14.4. The maximum atomic E-state index is 14.4. The van der Waals surface area contributed by atoms with Crippen molar-refractivity contribution < 1.29 is 21.6 Å². The zero-order valence-electron chi connectivity index (χ0n) is 20.4. The number of anilines is 1. The van der Waals surface area contributed by atoms with E-state index in [0.29, 0.717) is 23.2 Å². The molecule has 4 rings (SSSR count). The Balaban J connectivity index is 1.83. The van der Waals surface area contributed by atoms with Gasteiger partial charge in [0.25, 0.3) is 15.9 Å². The lowest BCUT2D eigenvalue weighted by molar-refractivity contribution is 0.0172. The Morgan fingerprint density at radius 2 is 1.78 bits per heavy atom. The highest BCUT2D eigenvalue weighted by Gasteiger charge is 2.37. The molecule has 1 heterocycles. The van der Waals surface area contributed by atoms with Gasteiger partial charge < -0.3 is 0 Å². The third-order valence-electron chi connectivity index (χ3n) is 6.63. The van der Waals surface area contributed by atoms with Gasteiger partial charge in [-0.15, -0.1) is 0 Å².